The molecule has 0 saturated heterocycles. The predicted octanol–water partition coefficient (Wildman–Crippen LogP) is 2.05. The van der Waals surface area contributed by atoms with E-state index in [0.717, 1.165) is 11.3 Å². The maximum absolute atomic E-state index is 12.8. The van der Waals surface area contributed by atoms with Crippen LogP contribution in [0.5, 0.6) is 0 Å². The van der Waals surface area contributed by atoms with Gasteiger partial charge in [0.15, 0.2) is 0 Å². The molecule has 0 spiro atoms. The summed E-state index contributed by atoms with van der Waals surface area (Å²) in [6.07, 6.45) is 0. The average Bonchev–Trinajstić information content (AvgIpc) is 2.68. The van der Waals surface area contributed by atoms with Gasteiger partial charge in [0.1, 0.15) is 0 Å². The lowest BCUT2D eigenvalue weighted by atomic mass is 10.1. The van der Waals surface area contributed by atoms with Gasteiger partial charge < -0.3 is 19.4 Å². The van der Waals surface area contributed by atoms with Gasteiger partial charge in [-0.05, 0) is 42.8 Å². The van der Waals surface area contributed by atoms with E-state index in [1.165, 1.54) is 4.57 Å². The summed E-state index contributed by atoms with van der Waals surface area (Å²) in [6, 6.07) is 13.0. The highest BCUT2D eigenvalue weighted by Gasteiger charge is 2.14. The minimum atomic E-state index is -0.687. The van der Waals surface area contributed by atoms with Gasteiger partial charge >= 0.3 is 11.1 Å². The molecule has 146 valence electrons. The van der Waals surface area contributed by atoms with Gasteiger partial charge in [-0.2, -0.15) is 0 Å². The van der Waals surface area contributed by atoms with Crippen LogP contribution >= 0.6 is 0 Å². The van der Waals surface area contributed by atoms with Crippen molar-refractivity contribution in [2.75, 3.05) is 26.0 Å². The second-order valence-corrected chi connectivity index (χ2v) is 6.96. The molecule has 2 aromatic carbocycles. The number of amides is 1. The Morgan fingerprint density at radius 1 is 1.04 bits per heavy atom. The van der Waals surface area contributed by atoms with Gasteiger partial charge in [0, 0.05) is 45.5 Å². The van der Waals surface area contributed by atoms with Crippen molar-refractivity contribution in [2.45, 2.75) is 20.0 Å². The predicted molar refractivity (Wildman–Crippen MR) is 111 cm³/mol. The Hall–Kier alpha value is -3.35. The number of fused-ring (bicyclic) bond motifs is 1. The summed E-state index contributed by atoms with van der Waals surface area (Å²) >= 11 is 0. The lowest BCUT2D eigenvalue weighted by Gasteiger charge is -2.19. The van der Waals surface area contributed by atoms with Crippen LogP contribution in [0.4, 0.5) is 5.69 Å². The van der Waals surface area contributed by atoms with Crippen LogP contribution in [-0.4, -0.2) is 41.5 Å². The molecular weight excluding hydrogens is 356 g/mol. The summed E-state index contributed by atoms with van der Waals surface area (Å²) in [5.41, 5.74) is 2.37. The topological polar surface area (TPSA) is 78.4 Å². The number of carbonyl (C=O) groups excluding carboxylic acids is 1. The Labute approximate surface area is 162 Å². The Morgan fingerprint density at radius 2 is 1.71 bits per heavy atom. The molecule has 28 heavy (non-hydrogen) atoms. The SMILES string of the molecule is CCn1c(=O)c(=O)[nH]c2cc(C(=O)N(C)Cc3ccc(N(C)C)cc3)ccc21. The van der Waals surface area contributed by atoms with Gasteiger partial charge in [-0.15, -0.1) is 0 Å². The van der Waals surface area contributed by atoms with Crippen molar-refractivity contribution in [2.24, 2.45) is 0 Å². The molecule has 0 aliphatic heterocycles. The fourth-order valence-electron chi connectivity index (χ4n) is 3.19. The number of aromatic amines is 1. The summed E-state index contributed by atoms with van der Waals surface area (Å²) < 4.78 is 1.40. The lowest BCUT2D eigenvalue weighted by Crippen LogP contribution is -2.36. The molecule has 0 aliphatic rings. The van der Waals surface area contributed by atoms with Crippen molar-refractivity contribution in [3.63, 3.8) is 0 Å². The van der Waals surface area contributed by atoms with E-state index in [2.05, 4.69) is 4.98 Å². The first-order valence-electron chi connectivity index (χ1n) is 9.10. The third-order valence-electron chi connectivity index (χ3n) is 4.76. The monoisotopic (exact) mass is 380 g/mol. The fourth-order valence-corrected chi connectivity index (χ4v) is 3.19. The molecular formula is C21H24N4O3. The zero-order valence-corrected chi connectivity index (χ0v) is 16.5. The highest BCUT2D eigenvalue weighted by atomic mass is 16.2. The largest absolute Gasteiger partial charge is 0.378 e. The highest BCUT2D eigenvalue weighted by molar-refractivity contribution is 5.97. The summed E-state index contributed by atoms with van der Waals surface area (Å²) in [5.74, 6) is -0.159. The van der Waals surface area contributed by atoms with Crippen molar-refractivity contribution in [3.8, 4) is 0 Å². The van der Waals surface area contributed by atoms with Crippen LogP contribution in [0.2, 0.25) is 0 Å². The molecule has 1 N–H and O–H groups in total. The molecule has 0 fully saturated rings. The Bertz CT molecular complexity index is 1130. The number of nitrogens with zero attached hydrogens (tertiary/aromatic N) is 3. The van der Waals surface area contributed by atoms with Crippen molar-refractivity contribution >= 4 is 22.6 Å². The van der Waals surface area contributed by atoms with E-state index in [1.807, 2.05) is 43.3 Å². The number of hydrogen-bond donors (Lipinski definition) is 1. The number of hydrogen-bond acceptors (Lipinski definition) is 4. The number of aryl methyl sites for hydroxylation is 1. The van der Waals surface area contributed by atoms with Crippen LogP contribution in [0.3, 0.4) is 0 Å². The molecule has 0 saturated carbocycles. The second kappa shape index (κ2) is 7.72. The van der Waals surface area contributed by atoms with E-state index in [1.54, 1.807) is 37.1 Å². The van der Waals surface area contributed by atoms with Crippen molar-refractivity contribution in [1.29, 1.82) is 0 Å². The third kappa shape index (κ3) is 3.69. The summed E-state index contributed by atoms with van der Waals surface area (Å²) in [6.45, 7) is 2.65. The Kier molecular flexibility index (Phi) is 5.35. The molecule has 7 heteroatoms. The van der Waals surface area contributed by atoms with Crippen LogP contribution < -0.4 is 16.0 Å². The molecule has 3 aromatic rings. The van der Waals surface area contributed by atoms with E-state index >= 15 is 0 Å². The van der Waals surface area contributed by atoms with Gasteiger partial charge in [0.25, 0.3) is 5.91 Å². The highest BCUT2D eigenvalue weighted by Crippen LogP contribution is 2.16. The number of aromatic nitrogens is 2. The van der Waals surface area contributed by atoms with Gasteiger partial charge in [0.2, 0.25) is 0 Å². The maximum atomic E-state index is 12.8. The summed E-state index contributed by atoms with van der Waals surface area (Å²) in [4.78, 5) is 42.9. The third-order valence-corrected chi connectivity index (χ3v) is 4.76. The van der Waals surface area contributed by atoms with Crippen molar-refractivity contribution in [1.82, 2.24) is 14.5 Å². The molecule has 0 unspecified atom stereocenters. The van der Waals surface area contributed by atoms with E-state index in [0.29, 0.717) is 29.7 Å². The van der Waals surface area contributed by atoms with Crippen LogP contribution in [0.25, 0.3) is 11.0 Å². The Morgan fingerprint density at radius 3 is 2.32 bits per heavy atom. The minimum absolute atomic E-state index is 0.159. The smallest absolute Gasteiger partial charge is 0.316 e. The number of rotatable bonds is 5. The normalized spacial score (nSPS) is 10.9. The first kappa shape index (κ1) is 19.4. The first-order valence-corrected chi connectivity index (χ1v) is 9.10. The zero-order chi connectivity index (χ0) is 20.4. The number of benzene rings is 2. The van der Waals surface area contributed by atoms with Crippen molar-refractivity contribution in [3.05, 3.63) is 74.3 Å². The number of H-pyrrole nitrogens is 1. The van der Waals surface area contributed by atoms with Crippen LogP contribution in [0.1, 0.15) is 22.8 Å². The zero-order valence-electron chi connectivity index (χ0n) is 16.5. The van der Waals surface area contributed by atoms with Gasteiger partial charge in [-0.3, -0.25) is 14.4 Å². The number of nitrogens with one attached hydrogen (secondary N) is 1. The maximum Gasteiger partial charge on any atom is 0.316 e. The van der Waals surface area contributed by atoms with Crippen LogP contribution in [-0.2, 0) is 13.1 Å². The summed E-state index contributed by atoms with van der Waals surface area (Å²) in [7, 11) is 5.70. The van der Waals surface area contributed by atoms with Crippen LogP contribution in [0, 0.1) is 0 Å². The first-order chi connectivity index (χ1) is 13.3. The van der Waals surface area contributed by atoms with Crippen molar-refractivity contribution < 1.29 is 4.79 Å². The molecule has 3 rings (SSSR count). The van der Waals surface area contributed by atoms with Crippen LogP contribution in [0.15, 0.2) is 52.1 Å². The number of anilines is 1. The second-order valence-electron chi connectivity index (χ2n) is 6.96. The molecule has 1 heterocycles. The average molecular weight is 380 g/mol. The minimum Gasteiger partial charge on any atom is -0.378 e. The quantitative estimate of drug-likeness (QED) is 0.687. The Balaban J connectivity index is 1.87. The fraction of sp³-hybridized carbons (Fsp3) is 0.286. The number of carbonyl (C=O) groups is 1. The molecule has 1 aromatic heterocycles. The van der Waals surface area contributed by atoms with Gasteiger partial charge in [-0.25, -0.2) is 0 Å². The summed E-state index contributed by atoms with van der Waals surface area (Å²) in [5, 5.41) is 0. The van der Waals surface area contributed by atoms with Gasteiger partial charge in [0.05, 0.1) is 11.0 Å². The van der Waals surface area contributed by atoms with E-state index < -0.39 is 11.1 Å². The van der Waals surface area contributed by atoms with Gasteiger partial charge in [-0.1, -0.05) is 12.1 Å². The lowest BCUT2D eigenvalue weighted by molar-refractivity contribution is 0.0785. The molecule has 7 nitrogen and oxygen atoms in total. The molecule has 0 aliphatic carbocycles. The van der Waals surface area contributed by atoms with E-state index in [4.69, 9.17) is 0 Å². The molecule has 0 radical (unpaired) electrons. The molecule has 0 bridgehead atoms. The standard InChI is InChI=1S/C21H24N4O3/c1-5-25-18-11-8-15(12-17(18)22-19(26)21(25)28)20(27)24(4)13-14-6-9-16(10-7-14)23(2)3/h6-12H,5,13H2,1-4H3,(H,22,26). The van der Waals surface area contributed by atoms with E-state index in [-0.39, 0.29) is 5.91 Å². The molecule has 0 atom stereocenters. The molecule has 1 amide bonds. The van der Waals surface area contributed by atoms with E-state index in [9.17, 15) is 14.4 Å².